The van der Waals surface area contributed by atoms with Crippen LogP contribution in [0, 0.1) is 0 Å². The Balaban J connectivity index is 1.68. The van der Waals surface area contributed by atoms with Gasteiger partial charge in [-0.1, -0.05) is 18.2 Å². The van der Waals surface area contributed by atoms with Gasteiger partial charge in [-0.05, 0) is 31.0 Å². The molecule has 0 atom stereocenters. The van der Waals surface area contributed by atoms with Crippen LogP contribution in [0.1, 0.15) is 22.4 Å². The lowest BCUT2D eigenvalue weighted by Gasteiger charge is -2.20. The minimum absolute atomic E-state index is 0.194. The van der Waals surface area contributed by atoms with Gasteiger partial charge in [0.25, 0.3) is 0 Å². The van der Waals surface area contributed by atoms with Gasteiger partial charge in [-0.25, -0.2) is 4.98 Å². The summed E-state index contributed by atoms with van der Waals surface area (Å²) in [6, 6.07) is 5.36. The third-order valence-electron chi connectivity index (χ3n) is 3.91. The number of hydrogen-bond donors (Lipinski definition) is 3. The first-order valence-corrected chi connectivity index (χ1v) is 7.69. The number of nitrogens with two attached hydrogens (primary N) is 1. The Labute approximate surface area is 137 Å². The molecule has 2 heterocycles. The second kappa shape index (κ2) is 6.64. The molecular formula is C16H18F3N5. The molecule has 2 aromatic rings. The minimum atomic E-state index is -4.32. The molecule has 128 valence electrons. The Morgan fingerprint density at radius 2 is 2.08 bits per heavy atom. The zero-order valence-electron chi connectivity index (χ0n) is 13.0. The van der Waals surface area contributed by atoms with Crippen molar-refractivity contribution in [2.75, 3.05) is 24.1 Å². The zero-order valence-corrected chi connectivity index (χ0v) is 13.0. The van der Waals surface area contributed by atoms with Gasteiger partial charge >= 0.3 is 6.18 Å². The van der Waals surface area contributed by atoms with Gasteiger partial charge in [0.05, 0.1) is 11.3 Å². The molecule has 0 aliphatic carbocycles. The van der Waals surface area contributed by atoms with Gasteiger partial charge in [-0.15, -0.1) is 0 Å². The maximum Gasteiger partial charge on any atom is 0.416 e. The van der Waals surface area contributed by atoms with Crippen LogP contribution in [0.3, 0.4) is 0 Å². The largest absolute Gasteiger partial charge is 0.416 e. The van der Waals surface area contributed by atoms with E-state index in [1.807, 2.05) is 0 Å². The fourth-order valence-corrected chi connectivity index (χ4v) is 2.75. The lowest BCUT2D eigenvalue weighted by molar-refractivity contribution is -0.137. The molecule has 1 aliphatic heterocycles. The standard InChI is InChI=1S/C16H18F3N5/c17-16(18,19)11-3-1-2-10(8-11)4-7-22-14-12-5-6-21-9-13(12)23-15(20)24-14/h1-3,8,21H,4-7,9H2,(H3,20,22,23,24). The first-order valence-electron chi connectivity index (χ1n) is 7.69. The van der Waals surface area contributed by atoms with Crippen molar-refractivity contribution in [2.45, 2.75) is 25.6 Å². The van der Waals surface area contributed by atoms with E-state index >= 15 is 0 Å². The average molecular weight is 337 g/mol. The van der Waals surface area contributed by atoms with Crippen molar-refractivity contribution in [3.8, 4) is 0 Å². The summed E-state index contributed by atoms with van der Waals surface area (Å²) in [5.74, 6) is 0.866. The van der Waals surface area contributed by atoms with E-state index in [1.54, 1.807) is 6.07 Å². The van der Waals surface area contributed by atoms with Crippen molar-refractivity contribution in [1.82, 2.24) is 15.3 Å². The number of halogens is 3. The Morgan fingerprint density at radius 1 is 1.25 bits per heavy atom. The van der Waals surface area contributed by atoms with Gasteiger partial charge < -0.3 is 16.4 Å². The van der Waals surface area contributed by atoms with Gasteiger partial charge in [0.1, 0.15) is 5.82 Å². The van der Waals surface area contributed by atoms with E-state index in [4.69, 9.17) is 5.73 Å². The Hall–Kier alpha value is -2.35. The van der Waals surface area contributed by atoms with Crippen molar-refractivity contribution in [3.05, 3.63) is 46.6 Å². The van der Waals surface area contributed by atoms with Crippen molar-refractivity contribution >= 4 is 11.8 Å². The molecule has 5 nitrogen and oxygen atoms in total. The molecule has 1 aromatic carbocycles. The molecule has 8 heteroatoms. The predicted octanol–water partition coefficient (Wildman–Crippen LogP) is 2.38. The third-order valence-corrected chi connectivity index (χ3v) is 3.91. The first-order chi connectivity index (χ1) is 11.4. The number of nitrogens with one attached hydrogen (secondary N) is 2. The predicted molar refractivity (Wildman–Crippen MR) is 85.5 cm³/mol. The summed E-state index contributed by atoms with van der Waals surface area (Å²) in [6.07, 6.45) is -3.07. The number of rotatable bonds is 4. The maximum atomic E-state index is 12.7. The van der Waals surface area contributed by atoms with Crippen LogP contribution in [-0.2, 0) is 25.6 Å². The highest BCUT2D eigenvalue weighted by Crippen LogP contribution is 2.29. The SMILES string of the molecule is Nc1nc2c(c(NCCc3cccc(C(F)(F)F)c3)n1)CCNC2. The van der Waals surface area contributed by atoms with Crippen LogP contribution in [0.5, 0.6) is 0 Å². The van der Waals surface area contributed by atoms with E-state index in [1.165, 1.54) is 12.1 Å². The van der Waals surface area contributed by atoms with E-state index in [-0.39, 0.29) is 5.95 Å². The number of hydrogen-bond acceptors (Lipinski definition) is 5. The van der Waals surface area contributed by atoms with Crippen LogP contribution in [0.2, 0.25) is 0 Å². The van der Waals surface area contributed by atoms with E-state index in [9.17, 15) is 13.2 Å². The summed E-state index contributed by atoms with van der Waals surface area (Å²) < 4.78 is 38.2. The van der Waals surface area contributed by atoms with Crippen LogP contribution in [0.4, 0.5) is 24.9 Å². The lowest BCUT2D eigenvalue weighted by atomic mass is 10.1. The summed E-state index contributed by atoms with van der Waals surface area (Å²) >= 11 is 0. The molecule has 1 aliphatic rings. The van der Waals surface area contributed by atoms with Crippen molar-refractivity contribution in [3.63, 3.8) is 0 Å². The molecule has 0 bridgehead atoms. The molecule has 1 aromatic heterocycles. The number of nitrogens with zero attached hydrogens (tertiary/aromatic N) is 2. The van der Waals surface area contributed by atoms with E-state index < -0.39 is 11.7 Å². The number of benzene rings is 1. The Kier molecular flexibility index (Phi) is 4.57. The van der Waals surface area contributed by atoms with Crippen molar-refractivity contribution in [2.24, 2.45) is 0 Å². The topological polar surface area (TPSA) is 75.9 Å². The molecule has 0 saturated carbocycles. The summed E-state index contributed by atoms with van der Waals surface area (Å²) in [5.41, 5.74) is 7.60. The quantitative estimate of drug-likeness (QED) is 0.799. The second-order valence-corrected chi connectivity index (χ2v) is 5.66. The van der Waals surface area contributed by atoms with Crippen LogP contribution >= 0.6 is 0 Å². The maximum absolute atomic E-state index is 12.7. The second-order valence-electron chi connectivity index (χ2n) is 5.66. The smallest absolute Gasteiger partial charge is 0.369 e. The fraction of sp³-hybridized carbons (Fsp3) is 0.375. The molecule has 3 rings (SSSR count). The Morgan fingerprint density at radius 3 is 2.88 bits per heavy atom. The van der Waals surface area contributed by atoms with E-state index in [2.05, 4.69) is 20.6 Å². The Bertz CT molecular complexity index is 730. The van der Waals surface area contributed by atoms with Gasteiger partial charge in [0.15, 0.2) is 0 Å². The van der Waals surface area contributed by atoms with Crippen LogP contribution in [-0.4, -0.2) is 23.1 Å². The highest BCUT2D eigenvalue weighted by atomic mass is 19.4. The molecule has 0 fully saturated rings. The minimum Gasteiger partial charge on any atom is -0.369 e. The molecule has 4 N–H and O–H groups in total. The normalized spacial score (nSPS) is 14.3. The molecular weight excluding hydrogens is 319 g/mol. The molecule has 0 unspecified atom stereocenters. The number of aromatic nitrogens is 2. The van der Waals surface area contributed by atoms with E-state index in [0.29, 0.717) is 30.9 Å². The van der Waals surface area contributed by atoms with Gasteiger partial charge in [0.2, 0.25) is 5.95 Å². The summed E-state index contributed by atoms with van der Waals surface area (Å²) in [6.45, 7) is 1.95. The number of nitrogen functional groups attached to an aromatic ring is 1. The summed E-state index contributed by atoms with van der Waals surface area (Å²) in [7, 11) is 0. The molecule has 0 amide bonds. The van der Waals surface area contributed by atoms with Crippen molar-refractivity contribution < 1.29 is 13.2 Å². The van der Waals surface area contributed by atoms with Gasteiger partial charge in [-0.2, -0.15) is 18.2 Å². The molecule has 24 heavy (non-hydrogen) atoms. The first kappa shape index (κ1) is 16.5. The number of alkyl halides is 3. The lowest BCUT2D eigenvalue weighted by Crippen LogP contribution is -2.27. The summed E-state index contributed by atoms with van der Waals surface area (Å²) in [5, 5.41) is 6.40. The molecule has 0 spiro atoms. The fourth-order valence-electron chi connectivity index (χ4n) is 2.75. The molecule has 0 radical (unpaired) electrons. The third kappa shape index (κ3) is 3.76. The summed E-state index contributed by atoms with van der Waals surface area (Å²) in [4.78, 5) is 8.44. The van der Waals surface area contributed by atoms with Crippen LogP contribution in [0.15, 0.2) is 24.3 Å². The van der Waals surface area contributed by atoms with Crippen LogP contribution < -0.4 is 16.4 Å². The van der Waals surface area contributed by atoms with E-state index in [0.717, 1.165) is 30.3 Å². The van der Waals surface area contributed by atoms with Gasteiger partial charge in [-0.3, -0.25) is 0 Å². The zero-order chi connectivity index (χ0) is 17.2. The molecule has 0 saturated heterocycles. The number of fused-ring (bicyclic) bond motifs is 1. The number of anilines is 2. The van der Waals surface area contributed by atoms with Crippen molar-refractivity contribution in [1.29, 1.82) is 0 Å². The highest BCUT2D eigenvalue weighted by molar-refractivity contribution is 5.50. The van der Waals surface area contributed by atoms with Gasteiger partial charge in [0, 0.05) is 18.7 Å². The van der Waals surface area contributed by atoms with Crippen LogP contribution in [0.25, 0.3) is 0 Å². The average Bonchev–Trinajstić information content (AvgIpc) is 2.54. The monoisotopic (exact) mass is 337 g/mol. The highest BCUT2D eigenvalue weighted by Gasteiger charge is 2.30.